The van der Waals surface area contributed by atoms with Gasteiger partial charge in [0.15, 0.2) is 5.82 Å². The number of benzene rings is 2. The maximum atomic E-state index is 13.1. The highest BCUT2D eigenvalue weighted by Gasteiger charge is 2.37. The summed E-state index contributed by atoms with van der Waals surface area (Å²) in [7, 11) is 0. The number of piperidine rings is 1. The highest BCUT2D eigenvalue weighted by molar-refractivity contribution is 5.55. The minimum Gasteiger partial charge on any atom is -0.371 e. The van der Waals surface area contributed by atoms with Crippen molar-refractivity contribution in [3.8, 4) is 6.07 Å². The van der Waals surface area contributed by atoms with E-state index in [9.17, 15) is 9.65 Å². The second kappa shape index (κ2) is 7.96. The summed E-state index contributed by atoms with van der Waals surface area (Å²) in [5.74, 6) is 0.421. The topological polar surface area (TPSA) is 56.9 Å². The molecule has 1 aliphatic rings. The lowest BCUT2D eigenvalue weighted by Crippen LogP contribution is -2.46. The van der Waals surface area contributed by atoms with E-state index >= 15 is 0 Å². The molecule has 5 nitrogen and oxygen atoms in total. The van der Waals surface area contributed by atoms with Crippen LogP contribution in [0.3, 0.4) is 0 Å². The van der Waals surface area contributed by atoms with Crippen molar-refractivity contribution in [2.75, 3.05) is 23.3 Å². The second-order valence-corrected chi connectivity index (χ2v) is 7.66. The molecule has 4 rings (SSSR count). The first-order chi connectivity index (χ1) is 14.1. The fraction of sp³-hybridized carbons (Fsp3) is 0.304. The van der Waals surface area contributed by atoms with Crippen molar-refractivity contribution in [3.63, 3.8) is 0 Å². The van der Waals surface area contributed by atoms with Crippen molar-refractivity contribution >= 4 is 17.2 Å². The lowest BCUT2D eigenvalue weighted by molar-refractivity contribution is 0.203. The Morgan fingerprint density at radius 3 is 2.41 bits per heavy atom. The van der Waals surface area contributed by atoms with Crippen LogP contribution >= 0.6 is 0 Å². The molecule has 1 aliphatic heterocycles. The minimum absolute atomic E-state index is 0.269. The van der Waals surface area contributed by atoms with E-state index in [-0.39, 0.29) is 11.4 Å². The first-order valence-electron chi connectivity index (χ1n) is 9.85. The van der Waals surface area contributed by atoms with Crippen LogP contribution in [0.25, 0.3) is 0 Å². The zero-order valence-electron chi connectivity index (χ0n) is 16.5. The normalized spacial score (nSPS) is 15.7. The zero-order valence-corrected chi connectivity index (χ0v) is 16.5. The Balaban J connectivity index is 1.49. The Kier molecular flexibility index (Phi) is 5.22. The van der Waals surface area contributed by atoms with Crippen LogP contribution in [0.15, 0.2) is 60.8 Å². The Morgan fingerprint density at radius 1 is 1.07 bits per heavy atom. The lowest BCUT2D eigenvalue weighted by Gasteiger charge is -2.41. The van der Waals surface area contributed by atoms with E-state index in [4.69, 9.17) is 5.10 Å². The van der Waals surface area contributed by atoms with Crippen molar-refractivity contribution in [3.05, 3.63) is 72.2 Å². The van der Waals surface area contributed by atoms with E-state index in [2.05, 4.69) is 47.5 Å². The Bertz CT molecular complexity index is 993. The van der Waals surface area contributed by atoms with E-state index in [1.165, 1.54) is 23.4 Å². The van der Waals surface area contributed by atoms with Crippen molar-refractivity contribution in [1.82, 2.24) is 9.78 Å². The molecule has 3 aromatic rings. The van der Waals surface area contributed by atoms with Crippen molar-refractivity contribution in [2.45, 2.75) is 31.7 Å². The highest BCUT2D eigenvalue weighted by Crippen LogP contribution is 2.35. The van der Waals surface area contributed by atoms with Crippen molar-refractivity contribution in [1.29, 1.82) is 5.26 Å². The van der Waals surface area contributed by atoms with Crippen molar-refractivity contribution in [2.24, 2.45) is 0 Å². The van der Waals surface area contributed by atoms with Crippen LogP contribution in [-0.4, -0.2) is 22.9 Å². The van der Waals surface area contributed by atoms with E-state index in [1.807, 2.05) is 16.9 Å². The van der Waals surface area contributed by atoms with E-state index in [0.717, 1.165) is 31.6 Å². The van der Waals surface area contributed by atoms with Crippen LogP contribution in [0.2, 0.25) is 0 Å². The first kappa shape index (κ1) is 19.0. The molecule has 2 aromatic carbocycles. The Morgan fingerprint density at radius 2 is 1.76 bits per heavy atom. The number of halogens is 1. The van der Waals surface area contributed by atoms with Gasteiger partial charge in [-0.15, -0.1) is 0 Å². The quantitative estimate of drug-likeness (QED) is 0.668. The number of nitrogens with one attached hydrogen (secondary N) is 1. The molecule has 148 valence electrons. The van der Waals surface area contributed by atoms with E-state index in [0.29, 0.717) is 12.2 Å². The molecule has 0 saturated carbocycles. The smallest absolute Gasteiger partial charge is 0.152 e. The SMILES string of the molecule is Cc1ccc(N2CCC(CC#N)(n3ccc(Nc4ccc(F)cc4)n3)CC2)cc1. The molecule has 0 amide bonds. The Hall–Kier alpha value is -3.33. The summed E-state index contributed by atoms with van der Waals surface area (Å²) in [5, 5.41) is 17.4. The summed E-state index contributed by atoms with van der Waals surface area (Å²) >= 11 is 0. The number of nitrogens with zero attached hydrogens (tertiary/aromatic N) is 4. The number of hydrogen-bond acceptors (Lipinski definition) is 4. The monoisotopic (exact) mass is 389 g/mol. The third kappa shape index (κ3) is 4.09. The summed E-state index contributed by atoms with van der Waals surface area (Å²) in [4.78, 5) is 2.37. The zero-order chi connectivity index (χ0) is 20.3. The van der Waals surface area contributed by atoms with E-state index in [1.54, 1.807) is 12.1 Å². The Labute approximate surface area is 170 Å². The van der Waals surface area contributed by atoms with Gasteiger partial charge < -0.3 is 10.2 Å². The molecule has 1 fully saturated rings. The van der Waals surface area contributed by atoms with Crippen LogP contribution in [0.4, 0.5) is 21.6 Å². The molecule has 2 heterocycles. The van der Waals surface area contributed by atoms with Crippen molar-refractivity contribution < 1.29 is 4.39 Å². The van der Waals surface area contributed by atoms with Gasteiger partial charge in [0, 0.05) is 36.7 Å². The van der Waals surface area contributed by atoms with Crippen LogP contribution in [0, 0.1) is 24.1 Å². The number of hydrogen-bond donors (Lipinski definition) is 1. The van der Waals surface area contributed by atoms with Gasteiger partial charge in [0.25, 0.3) is 0 Å². The molecule has 1 N–H and O–H groups in total. The van der Waals surface area contributed by atoms with E-state index < -0.39 is 0 Å². The number of nitriles is 1. The summed E-state index contributed by atoms with van der Waals surface area (Å²) in [6.45, 7) is 3.85. The maximum absolute atomic E-state index is 13.1. The molecule has 1 saturated heterocycles. The summed E-state index contributed by atoms with van der Waals surface area (Å²) in [5.41, 5.74) is 2.95. The average Bonchev–Trinajstić information content (AvgIpc) is 3.20. The molecule has 0 atom stereocenters. The fourth-order valence-corrected chi connectivity index (χ4v) is 3.91. The maximum Gasteiger partial charge on any atom is 0.152 e. The number of anilines is 3. The summed E-state index contributed by atoms with van der Waals surface area (Å²) in [6.07, 6.45) is 4.06. The van der Waals surface area contributed by atoms with Crippen LogP contribution < -0.4 is 10.2 Å². The summed E-state index contributed by atoms with van der Waals surface area (Å²) in [6, 6.07) is 19.0. The van der Waals surface area contributed by atoms with Crippen LogP contribution in [0.5, 0.6) is 0 Å². The highest BCUT2D eigenvalue weighted by atomic mass is 19.1. The van der Waals surface area contributed by atoms with Gasteiger partial charge in [0.1, 0.15) is 5.82 Å². The van der Waals surface area contributed by atoms with Gasteiger partial charge in [-0.25, -0.2) is 4.39 Å². The van der Waals surface area contributed by atoms with Gasteiger partial charge in [-0.05, 0) is 56.2 Å². The molecule has 0 bridgehead atoms. The molecule has 29 heavy (non-hydrogen) atoms. The van der Waals surface area contributed by atoms with Gasteiger partial charge in [-0.3, -0.25) is 4.68 Å². The van der Waals surface area contributed by atoms with Gasteiger partial charge in [0.05, 0.1) is 18.0 Å². The summed E-state index contributed by atoms with van der Waals surface area (Å²) < 4.78 is 15.0. The predicted molar refractivity (Wildman–Crippen MR) is 113 cm³/mol. The van der Waals surface area contributed by atoms with Gasteiger partial charge in [0.2, 0.25) is 0 Å². The fourth-order valence-electron chi connectivity index (χ4n) is 3.91. The second-order valence-electron chi connectivity index (χ2n) is 7.66. The van der Waals surface area contributed by atoms with Gasteiger partial charge in [-0.1, -0.05) is 17.7 Å². The lowest BCUT2D eigenvalue weighted by atomic mass is 9.84. The number of rotatable bonds is 5. The third-order valence-electron chi connectivity index (χ3n) is 5.69. The largest absolute Gasteiger partial charge is 0.371 e. The number of aromatic nitrogens is 2. The molecule has 0 spiro atoms. The molecule has 1 aromatic heterocycles. The molecule has 0 unspecified atom stereocenters. The molecule has 0 radical (unpaired) electrons. The molecular weight excluding hydrogens is 365 g/mol. The molecule has 0 aliphatic carbocycles. The minimum atomic E-state index is -0.307. The third-order valence-corrected chi connectivity index (χ3v) is 5.69. The molecular formula is C23H24FN5. The van der Waals surface area contributed by atoms with Crippen LogP contribution in [0.1, 0.15) is 24.8 Å². The number of aryl methyl sites for hydroxylation is 1. The average molecular weight is 389 g/mol. The standard InChI is InChI=1S/C23H24FN5/c1-18-2-8-21(9-3-18)28-16-12-23(11-14-25,13-17-28)29-15-10-22(27-29)26-20-6-4-19(24)5-7-20/h2-10,15H,11-13,16-17H2,1H3,(H,26,27). The molecule has 6 heteroatoms. The van der Waals surface area contributed by atoms with Gasteiger partial charge >= 0.3 is 0 Å². The first-order valence-corrected chi connectivity index (χ1v) is 9.85. The van der Waals surface area contributed by atoms with Crippen LogP contribution in [-0.2, 0) is 5.54 Å². The van der Waals surface area contributed by atoms with Gasteiger partial charge in [-0.2, -0.15) is 10.4 Å². The predicted octanol–water partition coefficient (Wildman–Crippen LogP) is 4.98.